The van der Waals surface area contributed by atoms with Crippen molar-refractivity contribution in [2.75, 3.05) is 19.8 Å². The number of carbonyl (C=O) groups is 2. The molecule has 5 nitrogen and oxygen atoms in total. The molecule has 0 aliphatic carbocycles. The quantitative estimate of drug-likeness (QED) is 0.0345. The minimum absolute atomic E-state index is 0.0529. The number of rotatable bonds is 52. The van der Waals surface area contributed by atoms with E-state index in [-0.39, 0.29) is 25.2 Å². The third-order valence-corrected chi connectivity index (χ3v) is 12.0. The Hall–Kier alpha value is -3.70. The van der Waals surface area contributed by atoms with E-state index in [0.29, 0.717) is 19.4 Å². The zero-order valence-electron chi connectivity index (χ0n) is 45.7. The van der Waals surface area contributed by atoms with Crippen molar-refractivity contribution in [1.82, 2.24) is 0 Å². The van der Waals surface area contributed by atoms with E-state index in [1.54, 1.807) is 0 Å². The molecule has 0 aromatic carbocycles. The van der Waals surface area contributed by atoms with E-state index < -0.39 is 6.10 Å². The average molecular weight is 970 g/mol. The van der Waals surface area contributed by atoms with Crippen LogP contribution < -0.4 is 0 Å². The number of esters is 2. The van der Waals surface area contributed by atoms with Gasteiger partial charge in [-0.25, -0.2) is 0 Å². The molecule has 0 aliphatic heterocycles. The van der Waals surface area contributed by atoms with Gasteiger partial charge in [0.05, 0.1) is 6.61 Å². The van der Waals surface area contributed by atoms with Gasteiger partial charge in [-0.1, -0.05) is 232 Å². The molecule has 0 fully saturated rings. The Morgan fingerprint density at radius 1 is 0.329 bits per heavy atom. The van der Waals surface area contributed by atoms with Crippen LogP contribution >= 0.6 is 0 Å². The summed E-state index contributed by atoms with van der Waals surface area (Å²) in [6, 6.07) is 0. The van der Waals surface area contributed by atoms with E-state index in [9.17, 15) is 9.59 Å². The second kappa shape index (κ2) is 59.6. The highest BCUT2D eigenvalue weighted by Gasteiger charge is 2.17. The fraction of sp³-hybridized carbons (Fsp3) is 0.662. The summed E-state index contributed by atoms with van der Waals surface area (Å²) >= 11 is 0. The van der Waals surface area contributed by atoms with Crippen molar-refractivity contribution >= 4 is 11.9 Å². The summed E-state index contributed by atoms with van der Waals surface area (Å²) in [5, 5.41) is 0. The predicted octanol–water partition coefficient (Wildman–Crippen LogP) is 20.1. The number of hydrogen-bond donors (Lipinski definition) is 0. The lowest BCUT2D eigenvalue weighted by molar-refractivity contribution is -0.163. The van der Waals surface area contributed by atoms with Crippen molar-refractivity contribution in [2.45, 2.75) is 258 Å². The predicted molar refractivity (Wildman–Crippen MR) is 306 cm³/mol. The monoisotopic (exact) mass is 969 g/mol. The number of ether oxygens (including phenoxy) is 3. The topological polar surface area (TPSA) is 61.8 Å². The Bertz CT molecular complexity index is 1420. The van der Waals surface area contributed by atoms with Crippen molar-refractivity contribution in [1.29, 1.82) is 0 Å². The Kier molecular flexibility index (Phi) is 56.5. The van der Waals surface area contributed by atoms with Gasteiger partial charge in [-0.3, -0.25) is 9.59 Å². The summed E-state index contributed by atoms with van der Waals surface area (Å²) in [6.45, 7) is 7.54. The van der Waals surface area contributed by atoms with Gasteiger partial charge in [0.1, 0.15) is 6.61 Å². The van der Waals surface area contributed by atoms with Crippen LogP contribution in [0, 0.1) is 0 Å². The van der Waals surface area contributed by atoms with E-state index in [1.165, 1.54) is 96.3 Å². The SMILES string of the molecule is CC/C=C\C/C=C\C/C=C\C/C=C\C/C=C\CCCCCC(=O)OCC(COCCCCCCCC/C=C\CCCCCCCC)OC(=O)CCCCCCCC/C=C\C/C=C\C/C=C\C/C=C\CC. The van der Waals surface area contributed by atoms with Gasteiger partial charge in [-0.15, -0.1) is 0 Å². The second-order valence-corrected chi connectivity index (χ2v) is 18.8. The van der Waals surface area contributed by atoms with Crippen LogP contribution in [0.2, 0.25) is 0 Å². The summed E-state index contributed by atoms with van der Waals surface area (Å²) in [4.78, 5) is 25.5. The Labute approximate surface area is 433 Å². The maximum Gasteiger partial charge on any atom is 0.306 e. The number of hydrogen-bond acceptors (Lipinski definition) is 5. The lowest BCUT2D eigenvalue weighted by atomic mass is 10.1. The van der Waals surface area contributed by atoms with Crippen molar-refractivity contribution in [3.63, 3.8) is 0 Å². The molecule has 0 bridgehead atoms. The summed E-state index contributed by atoms with van der Waals surface area (Å²) in [7, 11) is 0. The van der Waals surface area contributed by atoms with Crippen LogP contribution in [0.25, 0.3) is 0 Å². The van der Waals surface area contributed by atoms with Crippen LogP contribution in [0.3, 0.4) is 0 Å². The lowest BCUT2D eigenvalue weighted by Gasteiger charge is -2.18. The minimum atomic E-state index is -0.570. The molecule has 70 heavy (non-hydrogen) atoms. The van der Waals surface area contributed by atoms with E-state index >= 15 is 0 Å². The van der Waals surface area contributed by atoms with Gasteiger partial charge in [0.15, 0.2) is 6.10 Å². The molecule has 0 aromatic rings. The molecule has 0 saturated carbocycles. The first-order valence-corrected chi connectivity index (χ1v) is 29.1. The summed E-state index contributed by atoms with van der Waals surface area (Å²) in [6.07, 6.45) is 83.6. The maximum atomic E-state index is 12.9. The number of carbonyl (C=O) groups excluding carboxylic acids is 2. The van der Waals surface area contributed by atoms with Gasteiger partial charge < -0.3 is 14.2 Å². The number of unbranched alkanes of at least 4 members (excludes halogenated alkanes) is 21. The van der Waals surface area contributed by atoms with Crippen molar-refractivity contribution in [2.24, 2.45) is 0 Å². The molecule has 0 heterocycles. The first-order valence-electron chi connectivity index (χ1n) is 29.1. The van der Waals surface area contributed by atoms with Crippen LogP contribution in [-0.4, -0.2) is 37.9 Å². The highest BCUT2D eigenvalue weighted by Crippen LogP contribution is 2.13. The molecule has 5 heteroatoms. The molecular formula is C65H108O5. The average Bonchev–Trinajstić information content (AvgIpc) is 3.36. The third-order valence-electron chi connectivity index (χ3n) is 12.0. The largest absolute Gasteiger partial charge is 0.462 e. The molecule has 0 rings (SSSR count). The highest BCUT2D eigenvalue weighted by atomic mass is 16.6. The molecule has 0 saturated heterocycles. The summed E-state index contributed by atoms with van der Waals surface area (Å²) < 4.78 is 17.4. The van der Waals surface area contributed by atoms with Gasteiger partial charge in [0, 0.05) is 19.4 Å². The third kappa shape index (κ3) is 56.9. The Morgan fingerprint density at radius 2 is 0.643 bits per heavy atom. The molecule has 0 aliphatic rings. The first-order chi connectivity index (χ1) is 34.6. The van der Waals surface area contributed by atoms with E-state index in [4.69, 9.17) is 14.2 Å². The molecule has 0 spiro atoms. The number of allylic oxidation sites excluding steroid dienone is 20. The molecule has 1 atom stereocenters. The highest BCUT2D eigenvalue weighted by molar-refractivity contribution is 5.70. The first kappa shape index (κ1) is 66.3. The molecular weight excluding hydrogens is 861 g/mol. The normalized spacial score (nSPS) is 13.1. The minimum Gasteiger partial charge on any atom is -0.462 e. The molecule has 0 radical (unpaired) electrons. The van der Waals surface area contributed by atoms with Crippen molar-refractivity contribution < 1.29 is 23.8 Å². The second-order valence-electron chi connectivity index (χ2n) is 18.8. The van der Waals surface area contributed by atoms with Crippen LogP contribution in [0.5, 0.6) is 0 Å². The van der Waals surface area contributed by atoms with Crippen molar-refractivity contribution in [3.05, 3.63) is 122 Å². The van der Waals surface area contributed by atoms with Gasteiger partial charge in [-0.2, -0.15) is 0 Å². The Balaban J connectivity index is 4.40. The van der Waals surface area contributed by atoms with E-state index in [2.05, 4.69) is 142 Å². The zero-order valence-corrected chi connectivity index (χ0v) is 45.7. The van der Waals surface area contributed by atoms with Crippen molar-refractivity contribution in [3.8, 4) is 0 Å². The fourth-order valence-electron chi connectivity index (χ4n) is 7.70. The standard InChI is InChI=1S/C65H108O5/c1-4-7-10-13-16-19-22-25-28-31-33-35-37-40-43-46-49-52-55-58-64(66)69-62-63(61-68-60-57-54-51-48-45-42-39-30-27-24-21-18-15-12-9-6-3)70-65(67)59-56-53-50-47-44-41-38-36-34-32-29-26-23-20-17-14-11-8-5-2/h7-8,10-11,16-17,19-20,25-30,33-36,40,43,63H,4-6,9,12-15,18,21-24,31-32,37-39,41-42,44-62H2,1-3H3/b10-7-,11-8-,19-16-,20-17-,28-25-,29-26-,30-27-,35-33-,36-34-,43-40-. The maximum absolute atomic E-state index is 12.9. The molecule has 398 valence electrons. The lowest BCUT2D eigenvalue weighted by Crippen LogP contribution is -2.30. The van der Waals surface area contributed by atoms with E-state index in [1.807, 2.05) is 0 Å². The zero-order chi connectivity index (χ0) is 50.6. The molecule has 0 N–H and O–H groups in total. The smallest absolute Gasteiger partial charge is 0.306 e. The van der Waals surface area contributed by atoms with Gasteiger partial charge in [0.25, 0.3) is 0 Å². The summed E-state index contributed by atoms with van der Waals surface area (Å²) in [5.74, 6) is -0.456. The van der Waals surface area contributed by atoms with E-state index in [0.717, 1.165) is 122 Å². The van der Waals surface area contributed by atoms with Gasteiger partial charge in [-0.05, 0) is 128 Å². The summed E-state index contributed by atoms with van der Waals surface area (Å²) in [5.41, 5.74) is 0. The van der Waals surface area contributed by atoms with Crippen LogP contribution in [0.15, 0.2) is 122 Å². The van der Waals surface area contributed by atoms with Gasteiger partial charge >= 0.3 is 11.9 Å². The Morgan fingerprint density at radius 3 is 1.06 bits per heavy atom. The molecule has 0 amide bonds. The molecule has 0 aromatic heterocycles. The van der Waals surface area contributed by atoms with Crippen LogP contribution in [-0.2, 0) is 23.8 Å². The van der Waals surface area contributed by atoms with Crippen LogP contribution in [0.1, 0.15) is 252 Å². The van der Waals surface area contributed by atoms with Gasteiger partial charge in [0.2, 0.25) is 0 Å². The fourth-order valence-corrected chi connectivity index (χ4v) is 7.70. The molecule has 1 unspecified atom stereocenters. The van der Waals surface area contributed by atoms with Crippen LogP contribution in [0.4, 0.5) is 0 Å².